The molecule has 3 aliphatic heterocycles. The van der Waals surface area contributed by atoms with Gasteiger partial charge in [0.25, 0.3) is 5.56 Å². The lowest BCUT2D eigenvalue weighted by atomic mass is 10.1. The maximum Gasteiger partial charge on any atom is 0.472 e. The molecule has 27 heteroatoms. The van der Waals surface area contributed by atoms with Gasteiger partial charge in [-0.05, 0) is 105 Å². The largest absolute Gasteiger partial charge is 0.497 e. The second-order valence-electron chi connectivity index (χ2n) is 23.0. The molecule has 4 atom stereocenters. The first-order valence-electron chi connectivity index (χ1n) is 30.4. The Balaban J connectivity index is 0.830. The number of hydrogen-bond donors (Lipinski definition) is 6. The molecule has 0 aliphatic carbocycles. The Morgan fingerprint density at radius 3 is 2.04 bits per heavy atom. The molecule has 10 rings (SSSR count). The van der Waals surface area contributed by atoms with E-state index in [0.29, 0.717) is 29.4 Å². The highest BCUT2D eigenvalue weighted by molar-refractivity contribution is 8.04. The van der Waals surface area contributed by atoms with Crippen molar-refractivity contribution in [2.75, 3.05) is 75.9 Å². The molecule has 0 spiro atoms. The monoisotopic (exact) mass is 1350 g/mol. The summed E-state index contributed by atoms with van der Waals surface area (Å²) >= 11 is 9.59. The third kappa shape index (κ3) is 17.2. The van der Waals surface area contributed by atoms with Crippen molar-refractivity contribution >= 4 is 112 Å². The molecule has 6 N–H and O–H groups in total. The standard InChI is InChI=1S/C66H74ClN10O13PS2/c1-41(2)87-40-56-55(90-91(84,85)89-42(3)4)35-62(88-56)77-36-46(65(82)71-66(77)83)13-19-59(79)68-22-27-74(29-24-70-61(81)38-76-54-34-48(86-7)15-18-58(54)93-63(76)31-44-20-25-72(5)51-11-9-8-10-49(44)51)28-23-69-60(80)37-75-53-30-43(39-78)12-17-57(53)92-64(75)32-45-21-26-73(6)52-16-14-47(67)33-50(45)52/h8-21,25-26,30-34,36,41-42,55-56,62,78H,22-24,27-29,35,37-40H2,1-7H3,(H3-2,68,69,70,71,79,80,81,82,83,84,85)/p+2/b19-13+. The van der Waals surface area contributed by atoms with E-state index in [-0.39, 0.29) is 82.4 Å². The number of hydrogen-bond acceptors (Lipinski definition) is 17. The maximum atomic E-state index is 14.1. The molecule has 3 aromatic heterocycles. The van der Waals surface area contributed by atoms with Gasteiger partial charge in [-0.1, -0.05) is 53.3 Å². The van der Waals surface area contributed by atoms with Crippen LogP contribution in [0.3, 0.4) is 0 Å². The molecule has 0 radical (unpaired) electrons. The number of carbonyl (C=O) groups excluding carboxylic acids is 3. The maximum absolute atomic E-state index is 14.1. The number of aliphatic hydroxyl groups excluding tert-OH is 1. The number of phosphoric ester groups is 1. The minimum absolute atomic E-state index is 0.00544. The van der Waals surface area contributed by atoms with E-state index in [0.717, 1.165) is 74.8 Å². The van der Waals surface area contributed by atoms with E-state index in [1.807, 2.05) is 138 Å². The summed E-state index contributed by atoms with van der Waals surface area (Å²) in [7, 11) is 1.02. The number of aromatic amines is 1. The fourth-order valence-electron chi connectivity index (χ4n) is 11.0. The van der Waals surface area contributed by atoms with Gasteiger partial charge in [-0.25, -0.2) is 18.5 Å². The molecule has 93 heavy (non-hydrogen) atoms. The second-order valence-corrected chi connectivity index (χ2v) is 26.9. The Hall–Kier alpha value is -7.65. The molecule has 1 saturated heterocycles. The van der Waals surface area contributed by atoms with Crippen LogP contribution >= 0.6 is 42.9 Å². The van der Waals surface area contributed by atoms with E-state index in [4.69, 9.17) is 34.9 Å². The molecule has 0 saturated carbocycles. The van der Waals surface area contributed by atoms with Crippen molar-refractivity contribution < 1.29 is 61.3 Å². The number of nitrogens with zero attached hydrogens (tertiary/aromatic N) is 6. The first-order valence-corrected chi connectivity index (χ1v) is 33.9. The summed E-state index contributed by atoms with van der Waals surface area (Å²) in [6.07, 6.45) is 7.84. The number of anilines is 2. The van der Waals surface area contributed by atoms with Gasteiger partial charge < -0.3 is 50.0 Å². The van der Waals surface area contributed by atoms with Gasteiger partial charge in [0.2, 0.25) is 28.8 Å². The van der Waals surface area contributed by atoms with Crippen LogP contribution in [0.1, 0.15) is 62.6 Å². The summed E-state index contributed by atoms with van der Waals surface area (Å²) < 4.78 is 46.2. The first-order chi connectivity index (χ1) is 44.6. The number of aliphatic hydroxyl groups is 1. The molecule has 0 bridgehead atoms. The number of halogens is 1. The summed E-state index contributed by atoms with van der Waals surface area (Å²) in [5, 5.41) is 23.4. The predicted molar refractivity (Wildman–Crippen MR) is 359 cm³/mol. The quantitative estimate of drug-likeness (QED) is 0.0170. The minimum atomic E-state index is -4.55. The van der Waals surface area contributed by atoms with Crippen LogP contribution < -0.4 is 50.9 Å². The number of nitrogens with one attached hydrogen (secondary N) is 4. The van der Waals surface area contributed by atoms with Gasteiger partial charge in [0.05, 0.1) is 70.3 Å². The molecular formula is C66H76ClN10O13PS2+2. The van der Waals surface area contributed by atoms with Crippen molar-refractivity contribution in [1.29, 1.82) is 0 Å². The molecule has 3 amide bonds. The van der Waals surface area contributed by atoms with Crippen LogP contribution in [0.2, 0.25) is 5.02 Å². The van der Waals surface area contributed by atoms with E-state index in [1.165, 1.54) is 24.0 Å². The van der Waals surface area contributed by atoms with Gasteiger partial charge in [0, 0.05) is 103 Å². The topological polar surface area (TPSA) is 263 Å². The number of pyridine rings is 2. The fourth-order valence-corrected chi connectivity index (χ4v) is 14.5. The highest BCUT2D eigenvalue weighted by atomic mass is 35.5. The van der Waals surface area contributed by atoms with Crippen LogP contribution in [0, 0.1) is 0 Å². The number of ether oxygens (including phenoxy) is 3. The van der Waals surface area contributed by atoms with Gasteiger partial charge in [-0.2, -0.15) is 0 Å². The molecule has 4 aromatic carbocycles. The molecule has 3 aliphatic rings. The lowest BCUT2D eigenvalue weighted by Gasteiger charge is -2.24. The van der Waals surface area contributed by atoms with Gasteiger partial charge in [0.1, 0.15) is 51.4 Å². The van der Waals surface area contributed by atoms with Crippen molar-refractivity contribution in [3.05, 3.63) is 174 Å². The SMILES string of the molecule is COc1ccc2c(c1)N(CC(=O)NCCN(CCNC(=O)/C=C/c1cn(C3CC(OP(=O)(O)OC(C)C)C(COC(C)C)O3)c(=O)[nH]c1=O)CCNC(=O)CN1/C(=C/c3cc[n+](C)c4ccc(Cl)cc34)Sc3ccc(CO)cc31)/C(=C/c1cc[n+](C)c3ccccc13)S2. The lowest BCUT2D eigenvalue weighted by molar-refractivity contribution is -0.645. The van der Waals surface area contributed by atoms with E-state index in [9.17, 15) is 38.5 Å². The Labute approximate surface area is 551 Å². The summed E-state index contributed by atoms with van der Waals surface area (Å²) in [5.74, 6) is -0.430. The third-order valence-corrected chi connectivity index (χ3v) is 19.3. The number of fused-ring (bicyclic) bond motifs is 4. The normalized spacial score (nSPS) is 17.8. The first kappa shape index (κ1) is 68.2. The third-order valence-electron chi connectivity index (χ3n) is 15.6. The average Bonchev–Trinajstić information content (AvgIpc) is 1.71. The van der Waals surface area contributed by atoms with Crippen molar-refractivity contribution in [1.82, 2.24) is 30.4 Å². The predicted octanol–water partition coefficient (Wildman–Crippen LogP) is 7.16. The molecule has 1 fully saturated rings. The fraction of sp³-hybridized carbons (Fsp3) is 0.348. The van der Waals surface area contributed by atoms with Crippen LogP contribution in [-0.4, -0.2) is 133 Å². The Morgan fingerprint density at radius 2 is 1.41 bits per heavy atom. The molecule has 4 unspecified atom stereocenters. The van der Waals surface area contributed by atoms with E-state index in [2.05, 4.69) is 49.8 Å². The van der Waals surface area contributed by atoms with E-state index < -0.39 is 49.5 Å². The number of amides is 3. The zero-order valence-corrected chi connectivity index (χ0v) is 55.9. The Morgan fingerprint density at radius 1 is 0.796 bits per heavy atom. The number of H-pyrrole nitrogens is 1. The van der Waals surface area contributed by atoms with E-state index in [1.54, 1.807) is 32.7 Å². The average molecular weight is 1350 g/mol. The number of aryl methyl sites for hydroxylation is 2. The molecule has 490 valence electrons. The van der Waals surface area contributed by atoms with Crippen LogP contribution in [0.15, 0.2) is 145 Å². The highest BCUT2D eigenvalue weighted by Crippen LogP contribution is 2.51. The highest BCUT2D eigenvalue weighted by Gasteiger charge is 2.43. The second kappa shape index (κ2) is 30.6. The van der Waals surface area contributed by atoms with Gasteiger partial charge in [-0.3, -0.25) is 42.7 Å². The van der Waals surface area contributed by atoms with Crippen molar-refractivity contribution in [3.63, 3.8) is 0 Å². The van der Waals surface area contributed by atoms with Gasteiger partial charge in [0.15, 0.2) is 12.4 Å². The summed E-state index contributed by atoms with van der Waals surface area (Å²) in [5.41, 5.74) is 4.59. The van der Waals surface area contributed by atoms with Crippen molar-refractivity contribution in [3.8, 4) is 5.75 Å². The van der Waals surface area contributed by atoms with Gasteiger partial charge in [-0.15, -0.1) is 0 Å². The number of aromatic nitrogens is 4. The number of thioether (sulfide) groups is 2. The number of phosphoric acid groups is 1. The summed E-state index contributed by atoms with van der Waals surface area (Å²) in [6, 6.07) is 29.4. The molecule has 6 heterocycles. The zero-order valence-electron chi connectivity index (χ0n) is 52.6. The van der Waals surface area contributed by atoms with Crippen LogP contribution in [0.4, 0.5) is 11.4 Å². The molecular weight excluding hydrogens is 1270 g/mol. The number of rotatable bonds is 27. The zero-order chi connectivity index (χ0) is 66.1. The molecule has 23 nitrogen and oxygen atoms in total. The van der Waals surface area contributed by atoms with Crippen LogP contribution in [0.5, 0.6) is 5.75 Å². The van der Waals surface area contributed by atoms with E-state index >= 15 is 0 Å². The lowest BCUT2D eigenvalue weighted by Crippen LogP contribution is -2.45. The summed E-state index contributed by atoms with van der Waals surface area (Å²) in [4.78, 5) is 88.7. The number of methoxy groups -OCH3 is 1. The number of para-hydroxylation sites is 1. The number of benzene rings is 4. The van der Waals surface area contributed by atoms with Crippen molar-refractivity contribution in [2.45, 2.75) is 81.2 Å². The smallest absolute Gasteiger partial charge is 0.472 e. The minimum Gasteiger partial charge on any atom is -0.497 e. The van der Waals surface area contributed by atoms with Crippen LogP contribution in [-0.2, 0) is 58.2 Å². The Kier molecular flexibility index (Phi) is 22.5. The summed E-state index contributed by atoms with van der Waals surface area (Å²) in [6.45, 7) is 7.92. The number of carbonyl (C=O) groups is 3. The Bertz CT molecular complexity index is 4220. The van der Waals surface area contributed by atoms with Crippen molar-refractivity contribution in [2.24, 2.45) is 14.1 Å². The van der Waals surface area contributed by atoms with Crippen LogP contribution in [0.25, 0.3) is 40.0 Å². The molecule has 7 aromatic rings. The van der Waals surface area contributed by atoms with Gasteiger partial charge >= 0.3 is 13.5 Å².